The second kappa shape index (κ2) is 8.94. The van der Waals surface area contributed by atoms with Crippen molar-refractivity contribution in [3.8, 4) is 0 Å². The van der Waals surface area contributed by atoms with E-state index in [9.17, 15) is 9.59 Å². The second-order valence-corrected chi connectivity index (χ2v) is 6.26. The van der Waals surface area contributed by atoms with Crippen molar-refractivity contribution in [2.75, 3.05) is 26.2 Å². The average Bonchev–Trinajstić information content (AvgIpc) is 2.72. The Kier molecular flexibility index (Phi) is 6.14. The summed E-state index contributed by atoms with van der Waals surface area (Å²) < 4.78 is 0. The van der Waals surface area contributed by atoms with Crippen molar-refractivity contribution in [2.24, 2.45) is 0 Å². The number of aromatic nitrogens is 1. The average molecular weight is 349 g/mol. The maximum Gasteiger partial charge on any atom is 0.254 e. The van der Waals surface area contributed by atoms with Crippen LogP contribution in [0.1, 0.15) is 28.8 Å². The van der Waals surface area contributed by atoms with Gasteiger partial charge in [0.05, 0.1) is 0 Å². The fraction of sp³-hybridized carbons (Fsp3) is 0.286. The second-order valence-electron chi connectivity index (χ2n) is 6.26. The lowest BCUT2D eigenvalue weighted by atomic mass is 10.1. The topological polar surface area (TPSA) is 53.5 Å². The summed E-state index contributed by atoms with van der Waals surface area (Å²) in [5.74, 6) is 0.156. The van der Waals surface area contributed by atoms with E-state index in [0.29, 0.717) is 38.2 Å². The van der Waals surface area contributed by atoms with Crippen LogP contribution in [0.15, 0.2) is 60.9 Å². The zero-order chi connectivity index (χ0) is 18.2. The standard InChI is InChI=1S/C21H23N3O2/c25-20(9-5-4-8-18-6-2-1-3-7-18)23-14-16-24(17-15-23)21(26)19-10-12-22-13-11-19/h1-4,6-8,10-13H,5,9,14-17H2/b8-4+. The van der Waals surface area contributed by atoms with Crippen molar-refractivity contribution in [1.82, 2.24) is 14.8 Å². The number of amides is 2. The molecule has 2 aromatic rings. The van der Waals surface area contributed by atoms with Crippen LogP contribution >= 0.6 is 0 Å². The minimum Gasteiger partial charge on any atom is -0.339 e. The van der Waals surface area contributed by atoms with Gasteiger partial charge in [0.25, 0.3) is 5.91 Å². The Morgan fingerprint density at radius 1 is 0.923 bits per heavy atom. The van der Waals surface area contributed by atoms with Gasteiger partial charge in [0, 0.05) is 50.6 Å². The van der Waals surface area contributed by atoms with E-state index in [1.165, 1.54) is 0 Å². The quantitative estimate of drug-likeness (QED) is 0.834. The normalized spacial score (nSPS) is 14.6. The van der Waals surface area contributed by atoms with Crippen LogP contribution in [-0.2, 0) is 4.79 Å². The number of nitrogens with zero attached hydrogens (tertiary/aromatic N) is 3. The molecule has 1 aromatic heterocycles. The summed E-state index contributed by atoms with van der Waals surface area (Å²) >= 11 is 0. The number of benzene rings is 1. The van der Waals surface area contributed by atoms with Crippen LogP contribution < -0.4 is 0 Å². The van der Waals surface area contributed by atoms with Crippen molar-refractivity contribution in [3.63, 3.8) is 0 Å². The number of pyridine rings is 1. The Bertz CT molecular complexity index is 751. The third kappa shape index (κ3) is 4.79. The predicted octanol–water partition coefficient (Wildman–Crippen LogP) is 2.86. The highest BCUT2D eigenvalue weighted by molar-refractivity contribution is 5.94. The minimum absolute atomic E-state index is 0.00490. The number of allylic oxidation sites excluding steroid dienone is 1. The van der Waals surface area contributed by atoms with Crippen LogP contribution in [0.5, 0.6) is 0 Å². The van der Waals surface area contributed by atoms with Gasteiger partial charge < -0.3 is 9.80 Å². The molecular weight excluding hydrogens is 326 g/mol. The van der Waals surface area contributed by atoms with Gasteiger partial charge >= 0.3 is 0 Å². The van der Waals surface area contributed by atoms with E-state index in [4.69, 9.17) is 0 Å². The van der Waals surface area contributed by atoms with Crippen molar-refractivity contribution >= 4 is 17.9 Å². The van der Waals surface area contributed by atoms with E-state index < -0.39 is 0 Å². The molecule has 0 saturated carbocycles. The number of hydrogen-bond acceptors (Lipinski definition) is 3. The Morgan fingerprint density at radius 2 is 1.58 bits per heavy atom. The smallest absolute Gasteiger partial charge is 0.254 e. The van der Waals surface area contributed by atoms with Gasteiger partial charge in [-0.1, -0.05) is 42.5 Å². The van der Waals surface area contributed by atoms with Gasteiger partial charge in [-0.25, -0.2) is 0 Å². The first kappa shape index (κ1) is 17.9. The lowest BCUT2D eigenvalue weighted by Gasteiger charge is -2.34. The van der Waals surface area contributed by atoms with Gasteiger partial charge in [-0.2, -0.15) is 0 Å². The third-order valence-electron chi connectivity index (χ3n) is 4.48. The van der Waals surface area contributed by atoms with E-state index in [1.807, 2.05) is 47.4 Å². The summed E-state index contributed by atoms with van der Waals surface area (Å²) in [6, 6.07) is 13.5. The highest BCUT2D eigenvalue weighted by atomic mass is 16.2. The molecule has 134 valence electrons. The lowest BCUT2D eigenvalue weighted by Crippen LogP contribution is -2.50. The molecule has 1 aromatic carbocycles. The fourth-order valence-electron chi connectivity index (χ4n) is 2.98. The summed E-state index contributed by atoms with van der Waals surface area (Å²) in [4.78, 5) is 32.3. The maximum atomic E-state index is 12.4. The number of piperazine rings is 1. The van der Waals surface area contributed by atoms with Crippen molar-refractivity contribution in [1.29, 1.82) is 0 Å². The van der Waals surface area contributed by atoms with Crippen LogP contribution in [-0.4, -0.2) is 52.8 Å². The number of carbonyl (C=O) groups excluding carboxylic acids is 2. The molecule has 3 rings (SSSR count). The molecule has 2 heterocycles. The largest absolute Gasteiger partial charge is 0.339 e. The summed E-state index contributed by atoms with van der Waals surface area (Å²) in [7, 11) is 0. The van der Waals surface area contributed by atoms with E-state index in [1.54, 1.807) is 29.4 Å². The molecule has 0 unspecified atom stereocenters. The van der Waals surface area contributed by atoms with Crippen molar-refractivity contribution in [2.45, 2.75) is 12.8 Å². The number of hydrogen-bond donors (Lipinski definition) is 0. The zero-order valence-electron chi connectivity index (χ0n) is 14.8. The molecule has 1 fully saturated rings. The number of rotatable bonds is 5. The highest BCUT2D eigenvalue weighted by Gasteiger charge is 2.24. The van der Waals surface area contributed by atoms with Gasteiger partial charge in [0.1, 0.15) is 0 Å². The van der Waals surface area contributed by atoms with E-state index >= 15 is 0 Å². The molecule has 0 N–H and O–H groups in total. The fourth-order valence-corrected chi connectivity index (χ4v) is 2.98. The Morgan fingerprint density at radius 3 is 2.27 bits per heavy atom. The number of carbonyl (C=O) groups is 2. The van der Waals surface area contributed by atoms with E-state index in [0.717, 1.165) is 12.0 Å². The lowest BCUT2D eigenvalue weighted by molar-refractivity contribution is -0.132. The Labute approximate surface area is 154 Å². The third-order valence-corrected chi connectivity index (χ3v) is 4.48. The van der Waals surface area contributed by atoms with Crippen LogP contribution in [0.2, 0.25) is 0 Å². The van der Waals surface area contributed by atoms with Crippen molar-refractivity contribution in [3.05, 3.63) is 72.1 Å². The molecule has 2 amide bonds. The molecule has 1 aliphatic heterocycles. The predicted molar refractivity (Wildman–Crippen MR) is 101 cm³/mol. The first-order valence-electron chi connectivity index (χ1n) is 8.93. The highest BCUT2D eigenvalue weighted by Crippen LogP contribution is 2.10. The van der Waals surface area contributed by atoms with Crippen molar-refractivity contribution < 1.29 is 9.59 Å². The molecule has 1 saturated heterocycles. The first-order chi connectivity index (χ1) is 12.7. The van der Waals surface area contributed by atoms with Gasteiger partial charge in [0.15, 0.2) is 0 Å². The molecule has 0 radical (unpaired) electrons. The van der Waals surface area contributed by atoms with Crippen LogP contribution in [0.3, 0.4) is 0 Å². The SMILES string of the molecule is O=C(CC/C=C/c1ccccc1)N1CCN(C(=O)c2ccncc2)CC1. The van der Waals surface area contributed by atoms with E-state index in [2.05, 4.69) is 4.98 Å². The molecule has 0 atom stereocenters. The summed E-state index contributed by atoms with van der Waals surface area (Å²) in [6.45, 7) is 2.34. The van der Waals surface area contributed by atoms with Gasteiger partial charge in [-0.3, -0.25) is 14.6 Å². The molecule has 0 bridgehead atoms. The molecule has 1 aliphatic rings. The molecule has 5 nitrogen and oxygen atoms in total. The molecule has 5 heteroatoms. The monoisotopic (exact) mass is 349 g/mol. The van der Waals surface area contributed by atoms with Crippen LogP contribution in [0, 0.1) is 0 Å². The van der Waals surface area contributed by atoms with Gasteiger partial charge in [-0.15, -0.1) is 0 Å². The zero-order valence-corrected chi connectivity index (χ0v) is 14.8. The van der Waals surface area contributed by atoms with Gasteiger partial charge in [-0.05, 0) is 24.1 Å². The Hall–Kier alpha value is -2.95. The Balaban J connectivity index is 1.42. The molecule has 0 aliphatic carbocycles. The maximum absolute atomic E-state index is 12.4. The minimum atomic E-state index is 0.00490. The first-order valence-corrected chi connectivity index (χ1v) is 8.93. The molecule has 26 heavy (non-hydrogen) atoms. The molecule has 0 spiro atoms. The van der Waals surface area contributed by atoms with E-state index in [-0.39, 0.29) is 11.8 Å². The van der Waals surface area contributed by atoms with Crippen LogP contribution in [0.4, 0.5) is 0 Å². The summed E-state index contributed by atoms with van der Waals surface area (Å²) in [5.41, 5.74) is 1.79. The van der Waals surface area contributed by atoms with Gasteiger partial charge in [0.2, 0.25) is 5.91 Å². The van der Waals surface area contributed by atoms with Crippen LogP contribution in [0.25, 0.3) is 6.08 Å². The summed E-state index contributed by atoms with van der Waals surface area (Å²) in [5, 5.41) is 0. The molecular formula is C21H23N3O2. The summed E-state index contributed by atoms with van der Waals surface area (Å²) in [6.07, 6.45) is 8.55.